The Morgan fingerprint density at radius 1 is 0.551 bits per heavy atom. The fourth-order valence-corrected chi connectivity index (χ4v) is 12.8. The van der Waals surface area contributed by atoms with Crippen LogP contribution in [0, 0.1) is 53.9 Å². The Morgan fingerprint density at radius 3 is 1.35 bits per heavy atom. The summed E-state index contributed by atoms with van der Waals surface area (Å²) >= 11 is 0. The van der Waals surface area contributed by atoms with Crippen LogP contribution in [0.5, 0.6) is 11.5 Å². The molecule has 4 aromatic carbocycles. The first-order chi connectivity index (χ1) is 23.2. The van der Waals surface area contributed by atoms with Crippen LogP contribution >= 0.6 is 15.8 Å². The molecule has 0 aromatic heterocycles. The number of allylic oxidation sites excluding steroid dienone is 8. The minimum Gasteiger partial charge on any atom is -0.496 e. The molecule has 2 aliphatic rings. The molecule has 49 heavy (non-hydrogen) atoms. The first-order valence-corrected chi connectivity index (χ1v) is 19.3. The SMILES string of the molecule is COc1c(C)cc(P(C2=CC=C[C]2[C@@H](C)P(c2ccccc2C)c2ccccc2C)c2cc(C)c(OC)c(C)c2)cc1C.[CH]1C=CC=C1.[Fe]. The van der Waals surface area contributed by atoms with E-state index in [-0.39, 0.29) is 17.1 Å². The van der Waals surface area contributed by atoms with Gasteiger partial charge >= 0.3 is 0 Å². The van der Waals surface area contributed by atoms with E-state index >= 15 is 0 Å². The molecule has 0 amide bonds. The molecule has 2 nitrogen and oxygen atoms in total. The van der Waals surface area contributed by atoms with E-state index in [0.29, 0.717) is 5.66 Å². The average molecular weight is 727 g/mol. The minimum absolute atomic E-state index is 0. The van der Waals surface area contributed by atoms with Crippen LogP contribution in [0.4, 0.5) is 0 Å². The van der Waals surface area contributed by atoms with Crippen LogP contribution in [0.25, 0.3) is 0 Å². The number of hydrogen-bond donors (Lipinski definition) is 0. The van der Waals surface area contributed by atoms with E-state index in [1.807, 2.05) is 30.7 Å². The van der Waals surface area contributed by atoms with Crippen molar-refractivity contribution in [3.8, 4) is 11.5 Å². The van der Waals surface area contributed by atoms with Crippen molar-refractivity contribution < 1.29 is 26.5 Å². The predicted molar refractivity (Wildman–Crippen MR) is 212 cm³/mol. The van der Waals surface area contributed by atoms with Gasteiger partial charge in [0.25, 0.3) is 0 Å². The fraction of sp³-hybridized carbons (Fsp3) is 0.227. The number of hydrogen-bond acceptors (Lipinski definition) is 2. The molecule has 0 saturated heterocycles. The summed E-state index contributed by atoms with van der Waals surface area (Å²) in [6.07, 6.45) is 17.0. The van der Waals surface area contributed by atoms with E-state index in [4.69, 9.17) is 9.47 Å². The molecule has 254 valence electrons. The second-order valence-electron chi connectivity index (χ2n) is 12.5. The first-order valence-electron chi connectivity index (χ1n) is 16.6. The molecule has 1 atom stereocenters. The smallest absolute Gasteiger partial charge is 0.124 e. The van der Waals surface area contributed by atoms with Gasteiger partial charge in [0, 0.05) is 29.4 Å². The summed E-state index contributed by atoms with van der Waals surface area (Å²) in [5.74, 6) is 3.39. The standard InChI is InChI=1S/C39H43O2P2.C5H5.Fe/c1-25-15-10-12-18-35(25)42(36-19-13-11-16-26(36)2)31(7)34-17-14-20-37(34)43(32-21-27(3)38(40-8)28(4)22-32)33-23-29(5)39(41-9)30(6)24-33;1-2-4-5-3-1;/h10-24,31H,1-9H3;1-5H;/t31-;;/m1../s1. The van der Waals surface area contributed by atoms with Crippen molar-refractivity contribution in [3.63, 3.8) is 0 Å². The van der Waals surface area contributed by atoms with Gasteiger partial charge in [0.15, 0.2) is 0 Å². The van der Waals surface area contributed by atoms with E-state index < -0.39 is 15.8 Å². The normalized spacial score (nSPS) is 14.1. The molecule has 4 aromatic rings. The molecule has 0 fully saturated rings. The largest absolute Gasteiger partial charge is 0.496 e. The Balaban J connectivity index is 0.000000826. The van der Waals surface area contributed by atoms with Gasteiger partial charge in [0.1, 0.15) is 11.5 Å². The second-order valence-corrected chi connectivity index (χ2v) is 17.2. The van der Waals surface area contributed by atoms with Gasteiger partial charge in [-0.05, 0) is 147 Å². The molecule has 0 aliphatic heterocycles. The number of methoxy groups -OCH3 is 2. The predicted octanol–water partition coefficient (Wildman–Crippen LogP) is 9.85. The maximum Gasteiger partial charge on any atom is 0.124 e. The second kappa shape index (κ2) is 17.7. The van der Waals surface area contributed by atoms with Crippen LogP contribution in [-0.2, 0) is 17.1 Å². The summed E-state index contributed by atoms with van der Waals surface area (Å²) in [7, 11) is 2.04. The number of benzene rings is 4. The quantitative estimate of drug-likeness (QED) is 0.126. The molecule has 2 radical (unpaired) electrons. The van der Waals surface area contributed by atoms with Crippen LogP contribution < -0.4 is 30.7 Å². The van der Waals surface area contributed by atoms with E-state index in [9.17, 15) is 0 Å². The zero-order valence-corrected chi connectivity index (χ0v) is 33.1. The molecule has 0 spiro atoms. The van der Waals surface area contributed by atoms with Crippen molar-refractivity contribution in [1.82, 2.24) is 0 Å². The third kappa shape index (κ3) is 8.59. The van der Waals surface area contributed by atoms with Crippen molar-refractivity contribution in [2.75, 3.05) is 14.2 Å². The van der Waals surface area contributed by atoms with Crippen molar-refractivity contribution in [2.24, 2.45) is 0 Å². The summed E-state index contributed by atoms with van der Waals surface area (Å²) in [6.45, 7) is 15.6. The number of rotatable bonds is 9. The van der Waals surface area contributed by atoms with Crippen molar-refractivity contribution in [2.45, 2.75) is 54.1 Å². The summed E-state index contributed by atoms with van der Waals surface area (Å²) in [6, 6.07) is 27.3. The van der Waals surface area contributed by atoms with Crippen LogP contribution in [-0.4, -0.2) is 19.9 Å². The topological polar surface area (TPSA) is 18.5 Å². The maximum absolute atomic E-state index is 5.78. The molecule has 6 rings (SSSR count). The third-order valence-electron chi connectivity index (χ3n) is 9.02. The van der Waals surface area contributed by atoms with Gasteiger partial charge in [-0.15, -0.1) is 0 Å². The van der Waals surface area contributed by atoms with Gasteiger partial charge in [-0.25, -0.2) is 0 Å². The molecule has 0 N–H and O–H groups in total. The minimum atomic E-state index is -0.840. The molecular formula is C44H48FeO2P2. The summed E-state index contributed by atoms with van der Waals surface area (Å²) in [4.78, 5) is 0. The number of aryl methyl sites for hydroxylation is 6. The monoisotopic (exact) mass is 726 g/mol. The van der Waals surface area contributed by atoms with Gasteiger partial charge in [-0.3, -0.25) is 0 Å². The average Bonchev–Trinajstić information content (AvgIpc) is 3.79. The van der Waals surface area contributed by atoms with Crippen molar-refractivity contribution >= 4 is 37.1 Å². The molecule has 0 saturated carbocycles. The molecule has 0 bridgehead atoms. The summed E-state index contributed by atoms with van der Waals surface area (Å²) < 4.78 is 11.6. The fourth-order valence-electron chi connectivity index (χ4n) is 6.84. The Kier molecular flexibility index (Phi) is 13.9. The van der Waals surface area contributed by atoms with Crippen molar-refractivity contribution in [3.05, 3.63) is 166 Å². The number of ether oxygens (including phenoxy) is 2. The molecular weight excluding hydrogens is 678 g/mol. The maximum atomic E-state index is 5.78. The Bertz CT molecular complexity index is 1720. The van der Waals surface area contributed by atoms with Gasteiger partial charge in [-0.1, -0.05) is 98.0 Å². The zero-order valence-electron chi connectivity index (χ0n) is 30.2. The van der Waals surface area contributed by atoms with Gasteiger partial charge in [-0.2, -0.15) is 0 Å². The molecule has 0 heterocycles. The first kappa shape index (κ1) is 38.6. The molecule has 2 aliphatic carbocycles. The van der Waals surface area contributed by atoms with Crippen LogP contribution in [0.3, 0.4) is 0 Å². The zero-order chi connectivity index (χ0) is 34.4. The van der Waals surface area contributed by atoms with Crippen molar-refractivity contribution in [1.29, 1.82) is 0 Å². The summed E-state index contributed by atoms with van der Waals surface area (Å²) in [5.41, 5.74) is 7.76. The van der Waals surface area contributed by atoms with E-state index in [1.54, 1.807) is 14.2 Å². The van der Waals surface area contributed by atoms with Crippen LogP contribution in [0.2, 0.25) is 0 Å². The van der Waals surface area contributed by atoms with E-state index in [1.165, 1.54) is 65.8 Å². The summed E-state index contributed by atoms with van der Waals surface area (Å²) in [5, 5.41) is 7.06. The van der Waals surface area contributed by atoms with E-state index in [2.05, 4.69) is 139 Å². The molecule has 5 heteroatoms. The Hall–Kier alpha value is -3.18. The van der Waals surface area contributed by atoms with Gasteiger partial charge in [0.2, 0.25) is 0 Å². The Morgan fingerprint density at radius 2 is 0.980 bits per heavy atom. The molecule has 0 unspecified atom stereocenters. The third-order valence-corrected chi connectivity index (χ3v) is 14.6. The Labute approximate surface area is 308 Å². The van der Waals surface area contributed by atoms with Crippen LogP contribution in [0.1, 0.15) is 40.3 Å². The van der Waals surface area contributed by atoms with Crippen LogP contribution in [0.15, 0.2) is 121 Å². The van der Waals surface area contributed by atoms with Gasteiger partial charge < -0.3 is 9.47 Å². The van der Waals surface area contributed by atoms with Gasteiger partial charge in [0.05, 0.1) is 14.2 Å². The van der Waals surface area contributed by atoms with E-state index in [0.717, 1.165) is 11.5 Å².